The van der Waals surface area contributed by atoms with Gasteiger partial charge in [-0.2, -0.15) is 5.10 Å². The molecule has 0 spiro atoms. The van der Waals surface area contributed by atoms with Gasteiger partial charge in [-0.25, -0.2) is 10.2 Å². The number of aliphatic carboxylic acids is 1. The molecule has 2 fully saturated rings. The number of nitrogens with two attached hydrogens (primary N) is 1. The fourth-order valence-corrected chi connectivity index (χ4v) is 5.17. The van der Waals surface area contributed by atoms with Crippen LogP contribution in [0.2, 0.25) is 0 Å². The number of anilines is 1. The summed E-state index contributed by atoms with van der Waals surface area (Å²) in [6, 6.07) is 4.23. The normalized spacial score (nSPS) is 34.5. The lowest BCUT2D eigenvalue weighted by Crippen LogP contribution is -2.54. The van der Waals surface area contributed by atoms with Crippen LogP contribution in [-0.4, -0.2) is 46.7 Å². The lowest BCUT2D eigenvalue weighted by atomic mass is 9.99. The van der Waals surface area contributed by atoms with Crippen LogP contribution in [0.15, 0.2) is 23.3 Å². The molecular weight excluding hydrogens is 402 g/mol. The molecule has 10 nitrogen and oxygen atoms in total. The van der Waals surface area contributed by atoms with Crippen LogP contribution in [-0.2, 0) is 27.2 Å². The maximum Gasteiger partial charge on any atom is 0.332 e. The number of carboxylic acid groups (broad SMARTS) is 1. The lowest BCUT2D eigenvalue weighted by molar-refractivity contribution is -0.139. The van der Waals surface area contributed by atoms with E-state index in [1.807, 2.05) is 30.5 Å². The van der Waals surface area contributed by atoms with E-state index in [4.69, 9.17) is 5.73 Å². The molecule has 2 aliphatic carbocycles. The first-order chi connectivity index (χ1) is 14.7. The summed E-state index contributed by atoms with van der Waals surface area (Å²) in [5.41, 5.74) is 8.16. The summed E-state index contributed by atoms with van der Waals surface area (Å²) >= 11 is 0. The quantitative estimate of drug-likeness (QED) is 0.390. The zero-order valence-electron chi connectivity index (χ0n) is 16.9. The number of hydrogen-bond donors (Lipinski definition) is 4. The molecule has 31 heavy (non-hydrogen) atoms. The number of nitrogens with zero attached hydrogens (tertiary/aromatic N) is 2. The highest BCUT2D eigenvalue weighted by atomic mass is 16.4. The summed E-state index contributed by atoms with van der Waals surface area (Å²) in [7, 11) is 0. The second-order valence-electron chi connectivity index (χ2n) is 9.20. The SMILES string of the molecule is CC12C[C@H]1Cc1cccc3c1N(C2=O)C(C(=O)NC1(/C=N/NC(N)=O)CC1C(=O)O)C3. The van der Waals surface area contributed by atoms with Crippen molar-refractivity contribution in [2.45, 2.75) is 44.2 Å². The third-order valence-corrected chi connectivity index (χ3v) is 7.18. The predicted molar refractivity (Wildman–Crippen MR) is 109 cm³/mol. The number of amides is 4. The van der Waals surface area contributed by atoms with Gasteiger partial charge in [-0.3, -0.25) is 19.3 Å². The number of carbonyl (C=O) groups is 4. The highest BCUT2D eigenvalue weighted by Crippen LogP contribution is 2.59. The van der Waals surface area contributed by atoms with Crippen molar-refractivity contribution in [1.29, 1.82) is 0 Å². The van der Waals surface area contributed by atoms with E-state index >= 15 is 0 Å². The molecule has 4 unspecified atom stereocenters. The average Bonchev–Trinajstić information content (AvgIpc) is 3.53. The summed E-state index contributed by atoms with van der Waals surface area (Å²) in [6.07, 6.45) is 3.32. The number of nitrogens with one attached hydrogen (secondary N) is 2. The van der Waals surface area contributed by atoms with Gasteiger partial charge in [0.25, 0.3) is 0 Å². The summed E-state index contributed by atoms with van der Waals surface area (Å²) in [5, 5.41) is 15.9. The van der Waals surface area contributed by atoms with E-state index in [9.17, 15) is 24.3 Å². The first kappa shape index (κ1) is 19.5. The van der Waals surface area contributed by atoms with Crippen LogP contribution in [0.5, 0.6) is 0 Å². The minimum atomic E-state index is -1.23. The van der Waals surface area contributed by atoms with Crippen LogP contribution < -0.4 is 21.4 Å². The second kappa shape index (κ2) is 6.29. The molecule has 162 valence electrons. The van der Waals surface area contributed by atoms with Crippen LogP contribution >= 0.6 is 0 Å². The molecule has 0 saturated heterocycles. The molecule has 5 atom stereocenters. The summed E-state index contributed by atoms with van der Waals surface area (Å²) in [5.74, 6) is -2.17. The van der Waals surface area contributed by atoms with Crippen molar-refractivity contribution in [2.24, 2.45) is 28.1 Å². The number of urea groups is 1. The molecule has 0 aromatic heterocycles. The molecule has 1 aromatic carbocycles. The fraction of sp³-hybridized carbons (Fsp3) is 0.476. The van der Waals surface area contributed by atoms with Gasteiger partial charge >= 0.3 is 12.0 Å². The minimum Gasteiger partial charge on any atom is -0.481 e. The van der Waals surface area contributed by atoms with Crippen molar-refractivity contribution in [3.05, 3.63) is 29.3 Å². The summed E-state index contributed by atoms with van der Waals surface area (Å²) in [4.78, 5) is 50.8. The predicted octanol–water partition coefficient (Wildman–Crippen LogP) is 0.140. The topological polar surface area (TPSA) is 154 Å². The Morgan fingerprint density at radius 2 is 1.97 bits per heavy atom. The number of primary amides is 1. The smallest absolute Gasteiger partial charge is 0.332 e. The molecule has 0 bridgehead atoms. The average molecular weight is 425 g/mol. The molecule has 1 aromatic rings. The summed E-state index contributed by atoms with van der Waals surface area (Å²) in [6.45, 7) is 1.95. The van der Waals surface area contributed by atoms with Gasteiger partial charge in [-0.1, -0.05) is 25.1 Å². The first-order valence-corrected chi connectivity index (χ1v) is 10.3. The van der Waals surface area contributed by atoms with E-state index in [0.29, 0.717) is 6.42 Å². The number of hydrogen-bond acceptors (Lipinski definition) is 5. The molecular formula is C21H23N5O5. The summed E-state index contributed by atoms with van der Waals surface area (Å²) < 4.78 is 0. The van der Waals surface area contributed by atoms with Crippen LogP contribution in [0, 0.1) is 17.3 Å². The lowest BCUT2D eigenvalue weighted by Gasteiger charge is -2.28. The van der Waals surface area contributed by atoms with Crippen LogP contribution in [0.3, 0.4) is 0 Å². The van der Waals surface area contributed by atoms with Gasteiger partial charge < -0.3 is 16.2 Å². The number of carboxylic acids is 1. The molecule has 2 saturated carbocycles. The molecule has 2 aliphatic heterocycles. The van der Waals surface area contributed by atoms with Crippen molar-refractivity contribution in [2.75, 3.05) is 4.90 Å². The number of rotatable bonds is 5. The largest absolute Gasteiger partial charge is 0.481 e. The maximum atomic E-state index is 13.4. The Kier molecular flexibility index (Phi) is 3.96. The van der Waals surface area contributed by atoms with Crippen molar-refractivity contribution in [1.82, 2.24) is 10.7 Å². The Labute approximate surface area is 177 Å². The van der Waals surface area contributed by atoms with Crippen molar-refractivity contribution >= 4 is 35.7 Å². The van der Waals surface area contributed by atoms with Crippen molar-refractivity contribution in [3.63, 3.8) is 0 Å². The van der Waals surface area contributed by atoms with Gasteiger partial charge in [-0.15, -0.1) is 0 Å². The Hall–Kier alpha value is -3.43. The number of fused-ring (bicyclic) bond motifs is 1. The Bertz CT molecular complexity index is 1070. The number of carbonyl (C=O) groups excluding carboxylic acids is 3. The van der Waals surface area contributed by atoms with Crippen LogP contribution in [0.4, 0.5) is 10.5 Å². The van der Waals surface area contributed by atoms with Gasteiger partial charge in [0, 0.05) is 6.42 Å². The Morgan fingerprint density at radius 1 is 1.26 bits per heavy atom. The molecule has 5 N–H and O–H groups in total. The van der Waals surface area contributed by atoms with E-state index in [-0.39, 0.29) is 18.2 Å². The Morgan fingerprint density at radius 3 is 2.61 bits per heavy atom. The highest BCUT2D eigenvalue weighted by molar-refractivity contribution is 6.09. The minimum absolute atomic E-state index is 0.0509. The molecule has 2 heterocycles. The van der Waals surface area contributed by atoms with Gasteiger partial charge in [0.05, 0.1) is 28.8 Å². The number of benzene rings is 1. The van der Waals surface area contributed by atoms with Crippen molar-refractivity contribution in [3.8, 4) is 0 Å². The van der Waals surface area contributed by atoms with Crippen LogP contribution in [0.25, 0.3) is 0 Å². The molecule has 0 radical (unpaired) electrons. The highest BCUT2D eigenvalue weighted by Gasteiger charge is 2.63. The Balaban J connectivity index is 1.44. The standard InChI is InChI=1S/C21H23N5O5/c1-20-7-12(20)5-10-3-2-4-11-6-14(26(15(10)11)18(20)30)16(27)24-21(8-13(21)17(28)29)9-23-25-19(22)31/h2-4,9,12-14H,5-8H2,1H3,(H,24,27)(H,28,29)(H3,22,25,31)/b23-9+/t12-,13?,14?,20?,21?/m1/s1. The number of para-hydroxylation sites is 1. The molecule has 4 aliphatic rings. The number of hydrazone groups is 1. The van der Waals surface area contributed by atoms with E-state index in [1.54, 1.807) is 4.90 Å². The maximum absolute atomic E-state index is 13.4. The third-order valence-electron chi connectivity index (χ3n) is 7.18. The zero-order chi connectivity index (χ0) is 22.1. The van der Waals surface area contributed by atoms with Gasteiger partial charge in [0.15, 0.2) is 0 Å². The molecule has 10 heteroatoms. The monoisotopic (exact) mass is 425 g/mol. The van der Waals surface area contributed by atoms with E-state index < -0.39 is 40.8 Å². The third kappa shape index (κ3) is 2.88. The van der Waals surface area contributed by atoms with Crippen LogP contribution in [0.1, 0.15) is 30.9 Å². The van der Waals surface area contributed by atoms with Gasteiger partial charge in [-0.05, 0) is 36.3 Å². The molecule has 5 rings (SSSR count). The fourth-order valence-electron chi connectivity index (χ4n) is 5.17. The molecule has 4 amide bonds. The first-order valence-electron chi connectivity index (χ1n) is 10.3. The van der Waals surface area contributed by atoms with Crippen molar-refractivity contribution < 1.29 is 24.3 Å². The van der Waals surface area contributed by atoms with E-state index in [1.165, 1.54) is 6.21 Å². The second-order valence-corrected chi connectivity index (χ2v) is 9.20. The van der Waals surface area contributed by atoms with E-state index in [0.717, 1.165) is 29.7 Å². The van der Waals surface area contributed by atoms with Gasteiger partial charge in [0.2, 0.25) is 11.8 Å². The van der Waals surface area contributed by atoms with E-state index in [2.05, 4.69) is 10.4 Å². The zero-order valence-corrected chi connectivity index (χ0v) is 16.9. The van der Waals surface area contributed by atoms with Gasteiger partial charge in [0.1, 0.15) is 6.04 Å².